The van der Waals surface area contributed by atoms with Crippen molar-refractivity contribution in [1.82, 2.24) is 4.90 Å². The number of rotatable bonds is 5. The van der Waals surface area contributed by atoms with Crippen LogP contribution in [0.3, 0.4) is 0 Å². The maximum absolute atomic E-state index is 11.6. The number of carbonyl (C=O) groups is 1. The zero-order chi connectivity index (χ0) is 13.8. The lowest BCUT2D eigenvalue weighted by molar-refractivity contribution is -0.141. The molecule has 1 N–H and O–H groups in total. The molecule has 1 amide bonds. The number of aliphatic hydroxyl groups excluding tert-OH is 1. The molecule has 1 aromatic carbocycles. The van der Waals surface area contributed by atoms with Crippen molar-refractivity contribution in [2.45, 2.75) is 18.9 Å². The van der Waals surface area contributed by atoms with Gasteiger partial charge in [0.1, 0.15) is 5.75 Å². The highest BCUT2D eigenvalue weighted by molar-refractivity contribution is 9.10. The summed E-state index contributed by atoms with van der Waals surface area (Å²) in [5.41, 5.74) is 0. The maximum atomic E-state index is 11.6. The fraction of sp³-hybridized carbons (Fsp3) is 0.462. The fourth-order valence-electron chi connectivity index (χ4n) is 1.81. The smallest absolute Gasteiger partial charge is 0.222 e. The van der Waals surface area contributed by atoms with Crippen molar-refractivity contribution in [2.75, 3.05) is 19.7 Å². The first-order chi connectivity index (χ1) is 9.06. The van der Waals surface area contributed by atoms with Crippen molar-refractivity contribution >= 4 is 33.4 Å². The summed E-state index contributed by atoms with van der Waals surface area (Å²) in [6.07, 6.45) is 0.723. The molecule has 19 heavy (non-hydrogen) atoms. The fourth-order valence-corrected chi connectivity index (χ4v) is 2.54. The average molecular weight is 349 g/mol. The van der Waals surface area contributed by atoms with Crippen LogP contribution < -0.4 is 4.74 Å². The normalized spacial score (nSPS) is 15.2. The summed E-state index contributed by atoms with van der Waals surface area (Å²) in [5, 5.41) is 9.65. The van der Waals surface area contributed by atoms with E-state index in [-0.39, 0.29) is 12.0 Å². The molecule has 4 nitrogen and oxygen atoms in total. The zero-order valence-corrected chi connectivity index (χ0v) is 12.7. The van der Waals surface area contributed by atoms with E-state index in [2.05, 4.69) is 15.9 Å². The molecule has 1 saturated heterocycles. The lowest BCUT2D eigenvalue weighted by Gasteiger charge is -2.35. The van der Waals surface area contributed by atoms with Gasteiger partial charge in [0.15, 0.2) is 0 Å². The highest BCUT2D eigenvalue weighted by atomic mass is 79.9. The third-order valence-electron chi connectivity index (χ3n) is 2.90. The topological polar surface area (TPSA) is 49.8 Å². The Bertz CT molecular complexity index is 463. The van der Waals surface area contributed by atoms with Gasteiger partial charge in [-0.15, -0.1) is 0 Å². The molecule has 0 saturated carbocycles. The molecule has 1 aliphatic rings. The Balaban J connectivity index is 1.67. The van der Waals surface area contributed by atoms with Gasteiger partial charge in [0.05, 0.1) is 17.7 Å². The average Bonchev–Trinajstić information content (AvgIpc) is 2.32. The predicted molar refractivity (Wildman–Crippen MR) is 76.5 cm³/mol. The second kappa shape index (κ2) is 6.59. The lowest BCUT2D eigenvalue weighted by Crippen LogP contribution is -2.53. The molecular weight excluding hydrogens is 334 g/mol. The Hall–Kier alpha value is -0.780. The summed E-state index contributed by atoms with van der Waals surface area (Å²) < 4.78 is 6.42. The zero-order valence-electron chi connectivity index (χ0n) is 10.3. The second-order valence-corrected chi connectivity index (χ2v) is 5.80. The Morgan fingerprint density at radius 2 is 2.26 bits per heavy atom. The Labute approximate surface area is 125 Å². The minimum Gasteiger partial charge on any atom is -0.492 e. The van der Waals surface area contributed by atoms with Gasteiger partial charge in [-0.05, 0) is 24.6 Å². The van der Waals surface area contributed by atoms with Crippen molar-refractivity contribution < 1.29 is 14.6 Å². The van der Waals surface area contributed by atoms with E-state index >= 15 is 0 Å². The Kier molecular flexibility index (Phi) is 5.07. The molecule has 104 valence electrons. The molecule has 0 aliphatic carbocycles. The number of likely N-dealkylation sites (tertiary alicyclic amines) is 1. The highest BCUT2D eigenvalue weighted by Crippen LogP contribution is 2.27. The van der Waals surface area contributed by atoms with Gasteiger partial charge in [0.25, 0.3) is 0 Å². The number of halogens is 2. The highest BCUT2D eigenvalue weighted by Gasteiger charge is 2.27. The van der Waals surface area contributed by atoms with E-state index in [0.29, 0.717) is 43.3 Å². The first kappa shape index (κ1) is 14.6. The van der Waals surface area contributed by atoms with Gasteiger partial charge in [0.2, 0.25) is 5.91 Å². The number of hydrogen-bond donors (Lipinski definition) is 1. The van der Waals surface area contributed by atoms with Crippen LogP contribution in [0.2, 0.25) is 5.02 Å². The number of benzene rings is 1. The van der Waals surface area contributed by atoms with Gasteiger partial charge in [-0.3, -0.25) is 4.79 Å². The maximum Gasteiger partial charge on any atom is 0.222 e. The Morgan fingerprint density at radius 1 is 1.53 bits per heavy atom. The van der Waals surface area contributed by atoms with Crippen molar-refractivity contribution in [3.05, 3.63) is 27.7 Å². The molecule has 0 atom stereocenters. The minimum absolute atomic E-state index is 0.0656. The third kappa shape index (κ3) is 4.09. The summed E-state index contributed by atoms with van der Waals surface area (Å²) >= 11 is 9.33. The summed E-state index contributed by atoms with van der Waals surface area (Å²) in [5.74, 6) is 0.687. The molecule has 1 aliphatic heterocycles. The third-order valence-corrected chi connectivity index (χ3v) is 3.69. The van der Waals surface area contributed by atoms with E-state index in [9.17, 15) is 4.79 Å². The van der Waals surface area contributed by atoms with Crippen LogP contribution in [-0.2, 0) is 4.79 Å². The molecule has 6 heteroatoms. The quantitative estimate of drug-likeness (QED) is 0.832. The van der Waals surface area contributed by atoms with Gasteiger partial charge >= 0.3 is 0 Å². The number of hydrogen-bond acceptors (Lipinski definition) is 3. The summed E-state index contributed by atoms with van der Waals surface area (Å²) in [7, 11) is 0. The monoisotopic (exact) mass is 347 g/mol. The summed E-state index contributed by atoms with van der Waals surface area (Å²) in [4.78, 5) is 13.3. The van der Waals surface area contributed by atoms with Gasteiger partial charge in [-0.1, -0.05) is 27.5 Å². The number of nitrogens with zero attached hydrogens (tertiary/aromatic N) is 1. The van der Waals surface area contributed by atoms with Gasteiger partial charge in [-0.2, -0.15) is 0 Å². The SMILES string of the molecule is O=C(CCCOc1ccc(Br)cc1Cl)N1CC(O)C1. The number of carbonyl (C=O) groups excluding carboxylic acids is 1. The van der Waals surface area contributed by atoms with Crippen molar-refractivity contribution in [1.29, 1.82) is 0 Å². The van der Waals surface area contributed by atoms with E-state index in [1.54, 1.807) is 17.0 Å². The van der Waals surface area contributed by atoms with Crippen LogP contribution in [-0.4, -0.2) is 41.7 Å². The molecule has 0 bridgehead atoms. The molecule has 1 fully saturated rings. The van der Waals surface area contributed by atoms with Crippen molar-refractivity contribution in [3.63, 3.8) is 0 Å². The van der Waals surface area contributed by atoms with Crippen LogP contribution in [0, 0.1) is 0 Å². The van der Waals surface area contributed by atoms with Crippen molar-refractivity contribution in [2.24, 2.45) is 0 Å². The van der Waals surface area contributed by atoms with Gasteiger partial charge < -0.3 is 14.7 Å². The van der Waals surface area contributed by atoms with E-state index in [1.165, 1.54) is 0 Å². The number of β-amino-alcohol motifs (C(OH)–C–C–N with tert-alkyl or cyclic N) is 1. The van der Waals surface area contributed by atoms with Crippen molar-refractivity contribution in [3.8, 4) is 5.75 Å². The summed E-state index contributed by atoms with van der Waals surface area (Å²) in [6.45, 7) is 1.36. The van der Waals surface area contributed by atoms with Crippen LogP contribution >= 0.6 is 27.5 Å². The molecule has 0 radical (unpaired) electrons. The number of aliphatic hydroxyl groups is 1. The minimum atomic E-state index is -0.346. The lowest BCUT2D eigenvalue weighted by atomic mass is 10.1. The molecule has 0 unspecified atom stereocenters. The van der Waals surface area contributed by atoms with Crippen LogP contribution in [0.15, 0.2) is 22.7 Å². The molecular formula is C13H15BrClNO3. The molecule has 0 aromatic heterocycles. The van der Waals surface area contributed by atoms with Crippen LogP contribution in [0.1, 0.15) is 12.8 Å². The largest absolute Gasteiger partial charge is 0.492 e. The van der Waals surface area contributed by atoms with E-state index in [4.69, 9.17) is 21.4 Å². The van der Waals surface area contributed by atoms with Crippen LogP contribution in [0.5, 0.6) is 5.75 Å². The Morgan fingerprint density at radius 3 is 2.89 bits per heavy atom. The number of ether oxygens (including phenoxy) is 1. The molecule has 2 rings (SSSR count). The number of amides is 1. The molecule has 1 heterocycles. The van der Waals surface area contributed by atoms with E-state index in [1.807, 2.05) is 6.07 Å². The van der Waals surface area contributed by atoms with Crippen LogP contribution in [0.25, 0.3) is 0 Å². The molecule has 0 spiro atoms. The molecule has 1 aromatic rings. The standard InChI is InChI=1S/C13H15BrClNO3/c14-9-3-4-12(11(15)6-9)19-5-1-2-13(18)16-7-10(17)8-16/h3-4,6,10,17H,1-2,5,7-8H2. The van der Waals surface area contributed by atoms with Gasteiger partial charge in [-0.25, -0.2) is 0 Å². The van der Waals surface area contributed by atoms with Crippen LogP contribution in [0.4, 0.5) is 0 Å². The van der Waals surface area contributed by atoms with E-state index in [0.717, 1.165) is 4.47 Å². The predicted octanol–water partition coefficient (Wildman–Crippen LogP) is 2.46. The first-order valence-electron chi connectivity index (χ1n) is 6.10. The summed E-state index contributed by atoms with van der Waals surface area (Å²) in [6, 6.07) is 5.41. The second-order valence-electron chi connectivity index (χ2n) is 4.48. The van der Waals surface area contributed by atoms with E-state index < -0.39 is 0 Å². The first-order valence-corrected chi connectivity index (χ1v) is 7.27. The van der Waals surface area contributed by atoms with Gasteiger partial charge in [0, 0.05) is 24.0 Å².